The molecule has 8 nitrogen and oxygen atoms in total. The molecule has 0 saturated carbocycles. The molecule has 0 fully saturated rings. The van der Waals surface area contributed by atoms with Gasteiger partial charge in [0, 0.05) is 24.4 Å². The molecule has 36 heavy (non-hydrogen) atoms. The largest absolute Gasteiger partial charge is 0.495 e. The van der Waals surface area contributed by atoms with Crippen molar-refractivity contribution in [1.82, 2.24) is 24.3 Å². The van der Waals surface area contributed by atoms with Crippen molar-refractivity contribution in [1.29, 1.82) is 0 Å². The topological polar surface area (TPSA) is 84.1 Å². The van der Waals surface area contributed by atoms with Crippen molar-refractivity contribution >= 4 is 5.97 Å². The molecule has 3 heterocycles. The predicted octanol–water partition coefficient (Wildman–Crippen LogP) is 4.77. The van der Waals surface area contributed by atoms with Crippen LogP contribution in [0.25, 0.3) is 17.1 Å². The van der Waals surface area contributed by atoms with Crippen LogP contribution in [0.1, 0.15) is 37.7 Å². The Morgan fingerprint density at radius 3 is 2.67 bits per heavy atom. The number of hydrogen-bond donors (Lipinski definition) is 0. The summed E-state index contributed by atoms with van der Waals surface area (Å²) < 4.78 is 41.9. The van der Waals surface area contributed by atoms with Crippen molar-refractivity contribution in [2.75, 3.05) is 7.11 Å². The van der Waals surface area contributed by atoms with Gasteiger partial charge in [0.05, 0.1) is 24.8 Å². The van der Waals surface area contributed by atoms with Gasteiger partial charge in [-0.15, -0.1) is 10.2 Å². The zero-order valence-corrected chi connectivity index (χ0v) is 20.2. The first-order chi connectivity index (χ1) is 17.4. The highest BCUT2D eigenvalue weighted by atomic mass is 19.2. The van der Waals surface area contributed by atoms with E-state index in [-0.39, 0.29) is 5.75 Å². The van der Waals surface area contributed by atoms with Gasteiger partial charge in [-0.1, -0.05) is 6.92 Å². The Labute approximate surface area is 206 Å². The number of hydrogen-bond acceptors (Lipinski definition) is 6. The number of carbonyl (C=O) groups excluding carboxylic acids is 1. The molecule has 2 aromatic heterocycles. The highest BCUT2D eigenvalue weighted by molar-refractivity contribution is 5.84. The molecule has 1 atom stereocenters. The van der Waals surface area contributed by atoms with E-state index in [9.17, 15) is 13.6 Å². The van der Waals surface area contributed by atoms with E-state index in [1.807, 2.05) is 47.4 Å². The van der Waals surface area contributed by atoms with Gasteiger partial charge in [-0.05, 0) is 56.5 Å². The van der Waals surface area contributed by atoms with Gasteiger partial charge in [-0.3, -0.25) is 4.79 Å². The Morgan fingerprint density at radius 2 is 1.97 bits per heavy atom. The van der Waals surface area contributed by atoms with Gasteiger partial charge in [0.2, 0.25) is 0 Å². The van der Waals surface area contributed by atoms with Gasteiger partial charge >= 0.3 is 5.97 Å². The van der Waals surface area contributed by atoms with E-state index in [1.165, 1.54) is 6.07 Å². The third-order valence-electron chi connectivity index (χ3n) is 6.69. The zero-order valence-electron chi connectivity index (χ0n) is 20.2. The number of fused-ring (bicyclic) bond motifs is 1. The maximum absolute atomic E-state index is 13.7. The lowest BCUT2D eigenvalue weighted by Gasteiger charge is -2.33. The number of halogens is 2. The van der Waals surface area contributed by atoms with Crippen LogP contribution in [-0.4, -0.2) is 37.4 Å². The van der Waals surface area contributed by atoms with Gasteiger partial charge in [0.15, 0.2) is 23.3 Å². The van der Waals surface area contributed by atoms with Crippen LogP contribution in [0.3, 0.4) is 0 Å². The van der Waals surface area contributed by atoms with Gasteiger partial charge in [-0.25, -0.2) is 13.8 Å². The summed E-state index contributed by atoms with van der Waals surface area (Å²) in [4.78, 5) is 17.7. The predicted molar refractivity (Wildman–Crippen MR) is 127 cm³/mol. The molecule has 2 aromatic carbocycles. The third kappa shape index (κ3) is 3.92. The Kier molecular flexibility index (Phi) is 6.03. The van der Waals surface area contributed by atoms with Crippen molar-refractivity contribution in [3.8, 4) is 28.6 Å². The summed E-state index contributed by atoms with van der Waals surface area (Å²) in [7, 11) is 1.60. The molecular weight excluding hydrogens is 468 g/mol. The molecule has 0 spiro atoms. The number of methoxy groups -OCH3 is 1. The standard InChI is InChI=1S/C26H25F2N5O3/c1-4-26(25(34)36-18-7-8-19(27)20(28)13-18)10-5-11-33-23(30-31-24(26)33)17-6-9-21(22(12-17)35-3)32-14-16(2)29-15-32/h6-9,12-15H,4-5,10-11H2,1-3H3. The van der Waals surface area contributed by atoms with E-state index in [2.05, 4.69) is 15.2 Å². The molecule has 0 aliphatic carbocycles. The number of rotatable bonds is 6. The molecule has 4 aromatic rings. The van der Waals surface area contributed by atoms with Crippen LogP contribution in [0, 0.1) is 18.6 Å². The zero-order chi connectivity index (χ0) is 25.4. The van der Waals surface area contributed by atoms with Crippen LogP contribution in [-0.2, 0) is 16.8 Å². The number of aromatic nitrogens is 5. The Bertz CT molecular complexity index is 1450. The summed E-state index contributed by atoms with van der Waals surface area (Å²) in [5, 5.41) is 8.84. The fraction of sp³-hybridized carbons (Fsp3) is 0.308. The highest BCUT2D eigenvalue weighted by Crippen LogP contribution is 2.40. The van der Waals surface area contributed by atoms with Crippen LogP contribution in [0.2, 0.25) is 0 Å². The molecule has 1 aliphatic heterocycles. The fourth-order valence-electron chi connectivity index (χ4n) is 4.73. The fourth-order valence-corrected chi connectivity index (χ4v) is 4.73. The van der Waals surface area contributed by atoms with Crippen molar-refractivity contribution in [2.45, 2.75) is 45.1 Å². The van der Waals surface area contributed by atoms with E-state index < -0.39 is 23.0 Å². The summed E-state index contributed by atoms with van der Waals surface area (Å²) in [6.07, 6.45) is 5.25. The van der Waals surface area contributed by atoms with E-state index >= 15 is 0 Å². The van der Waals surface area contributed by atoms with Crippen LogP contribution in [0.15, 0.2) is 48.9 Å². The monoisotopic (exact) mass is 493 g/mol. The lowest BCUT2D eigenvalue weighted by molar-refractivity contribution is -0.142. The summed E-state index contributed by atoms with van der Waals surface area (Å²) in [5.41, 5.74) is 1.44. The summed E-state index contributed by atoms with van der Waals surface area (Å²) in [5.74, 6) is -0.979. The molecule has 0 N–H and O–H groups in total. The minimum atomic E-state index is -1.08. The first kappa shape index (κ1) is 23.7. The van der Waals surface area contributed by atoms with Crippen LogP contribution >= 0.6 is 0 Å². The number of aryl methyl sites for hydroxylation is 1. The van der Waals surface area contributed by atoms with E-state index in [4.69, 9.17) is 9.47 Å². The van der Waals surface area contributed by atoms with Crippen molar-refractivity contribution in [3.63, 3.8) is 0 Å². The summed E-state index contributed by atoms with van der Waals surface area (Å²) in [6, 6.07) is 8.75. The van der Waals surface area contributed by atoms with Gasteiger partial charge in [0.25, 0.3) is 0 Å². The molecule has 1 aliphatic rings. The van der Waals surface area contributed by atoms with E-state index in [1.54, 1.807) is 13.4 Å². The highest BCUT2D eigenvalue weighted by Gasteiger charge is 2.47. The van der Waals surface area contributed by atoms with Crippen LogP contribution < -0.4 is 9.47 Å². The maximum atomic E-state index is 13.7. The second-order valence-corrected chi connectivity index (χ2v) is 8.81. The van der Waals surface area contributed by atoms with E-state index in [0.717, 1.165) is 29.1 Å². The van der Waals surface area contributed by atoms with Crippen LogP contribution in [0.5, 0.6) is 11.5 Å². The second-order valence-electron chi connectivity index (χ2n) is 8.81. The third-order valence-corrected chi connectivity index (χ3v) is 6.69. The quantitative estimate of drug-likeness (QED) is 0.284. The molecule has 0 saturated heterocycles. The molecular formula is C26H25F2N5O3. The summed E-state index contributed by atoms with van der Waals surface area (Å²) >= 11 is 0. The van der Waals surface area contributed by atoms with Crippen LogP contribution in [0.4, 0.5) is 8.78 Å². The smallest absolute Gasteiger partial charge is 0.325 e. The van der Waals surface area contributed by atoms with E-state index in [0.29, 0.717) is 43.2 Å². The van der Waals surface area contributed by atoms with Crippen molar-refractivity contribution in [2.24, 2.45) is 0 Å². The lowest BCUT2D eigenvalue weighted by Crippen LogP contribution is -2.44. The second kappa shape index (κ2) is 9.18. The molecule has 186 valence electrons. The summed E-state index contributed by atoms with van der Waals surface area (Å²) in [6.45, 7) is 4.42. The normalized spacial score (nSPS) is 17.0. The first-order valence-corrected chi connectivity index (χ1v) is 11.7. The molecule has 0 bridgehead atoms. The molecule has 10 heteroatoms. The number of nitrogens with zero attached hydrogens (tertiary/aromatic N) is 5. The minimum absolute atomic E-state index is 0.0568. The molecule has 1 unspecified atom stereocenters. The minimum Gasteiger partial charge on any atom is -0.495 e. The molecule has 0 amide bonds. The molecule has 5 rings (SSSR count). The van der Waals surface area contributed by atoms with Crippen molar-refractivity contribution < 1.29 is 23.0 Å². The molecule has 0 radical (unpaired) electrons. The SMILES string of the molecule is CCC1(C(=O)Oc2ccc(F)c(F)c2)CCCn2c(-c3ccc(-n4cnc(C)c4)c(OC)c3)nnc21. The maximum Gasteiger partial charge on any atom is 0.325 e. The van der Waals surface area contributed by atoms with Gasteiger partial charge in [0.1, 0.15) is 16.9 Å². The number of carbonyl (C=O) groups is 1. The number of benzene rings is 2. The average molecular weight is 494 g/mol. The first-order valence-electron chi connectivity index (χ1n) is 11.7. The van der Waals surface area contributed by atoms with Gasteiger partial charge < -0.3 is 18.6 Å². The Morgan fingerprint density at radius 1 is 1.14 bits per heavy atom. The van der Waals surface area contributed by atoms with Gasteiger partial charge in [-0.2, -0.15) is 0 Å². The van der Waals surface area contributed by atoms with Crippen molar-refractivity contribution in [3.05, 3.63) is 72.1 Å². The Balaban J connectivity index is 1.51. The lowest BCUT2D eigenvalue weighted by atomic mass is 9.77. The average Bonchev–Trinajstić information content (AvgIpc) is 3.52. The number of imidazole rings is 1. The number of ether oxygens (including phenoxy) is 2. The Hall–Kier alpha value is -4.08. The number of esters is 1.